The molecule has 0 amide bonds. The predicted molar refractivity (Wildman–Crippen MR) is 50.0 cm³/mol. The lowest BCUT2D eigenvalue weighted by Crippen LogP contribution is -2.45. The molecule has 0 aliphatic carbocycles. The molecular weight excluding hydrogens is 216 g/mol. The second-order valence-corrected chi connectivity index (χ2v) is 4.08. The van der Waals surface area contributed by atoms with Crippen molar-refractivity contribution in [3.05, 3.63) is 0 Å². The summed E-state index contributed by atoms with van der Waals surface area (Å²) in [6.45, 7) is 2.08. The first-order valence-corrected chi connectivity index (χ1v) is 4.01. The quantitative estimate of drug-likeness (QED) is 0.740. The van der Waals surface area contributed by atoms with Crippen molar-refractivity contribution in [3.8, 4) is 0 Å². The maximum Gasteiger partial charge on any atom is 0.321 e. The van der Waals surface area contributed by atoms with Gasteiger partial charge in [0.25, 0.3) is 5.92 Å². The first kappa shape index (κ1) is 13.6. The van der Waals surface area contributed by atoms with Crippen LogP contribution in [0.2, 0.25) is 0 Å². The molecule has 0 aromatic carbocycles. The second kappa shape index (κ2) is 3.62. The molecule has 0 radical (unpaired) electrons. The van der Waals surface area contributed by atoms with Crippen molar-refractivity contribution in [1.82, 2.24) is 4.90 Å². The molecule has 0 saturated carbocycles. The first-order valence-electron chi connectivity index (χ1n) is 4.01. The monoisotopic (exact) mass is 229 g/mol. The molecule has 0 aromatic rings. The van der Waals surface area contributed by atoms with E-state index in [-0.39, 0.29) is 12.4 Å². The van der Waals surface area contributed by atoms with Gasteiger partial charge in [-0.15, -0.1) is 12.4 Å². The van der Waals surface area contributed by atoms with E-state index in [1.54, 1.807) is 0 Å². The van der Waals surface area contributed by atoms with E-state index in [0.29, 0.717) is 0 Å². The number of carbonyl (C=O) groups is 1. The van der Waals surface area contributed by atoms with Crippen LogP contribution in [-0.4, -0.2) is 41.5 Å². The van der Waals surface area contributed by atoms with E-state index in [9.17, 15) is 13.6 Å². The minimum absolute atomic E-state index is 0. The van der Waals surface area contributed by atoms with Crippen molar-refractivity contribution in [3.63, 3.8) is 0 Å². The number of rotatable bonds is 1. The molecule has 0 spiro atoms. The third-order valence-electron chi connectivity index (χ3n) is 2.75. The normalized spacial score (nSPS) is 29.6. The van der Waals surface area contributed by atoms with Crippen LogP contribution in [0, 0.1) is 5.41 Å². The van der Waals surface area contributed by atoms with Crippen molar-refractivity contribution in [2.75, 3.05) is 13.6 Å². The van der Waals surface area contributed by atoms with Crippen LogP contribution in [0.5, 0.6) is 0 Å². The van der Waals surface area contributed by atoms with Crippen LogP contribution < -0.4 is 0 Å². The lowest BCUT2D eigenvalue weighted by atomic mass is 9.82. The highest BCUT2D eigenvalue weighted by Gasteiger charge is 2.61. The Labute approximate surface area is 87.5 Å². The van der Waals surface area contributed by atoms with Gasteiger partial charge in [-0.25, -0.2) is 8.78 Å². The fraction of sp³-hybridized carbons (Fsp3) is 0.875. The minimum atomic E-state index is -2.94. The Kier molecular flexibility index (Phi) is 3.51. The van der Waals surface area contributed by atoms with Crippen molar-refractivity contribution < 1.29 is 18.7 Å². The molecule has 1 atom stereocenters. The van der Waals surface area contributed by atoms with Crippen molar-refractivity contribution in [2.45, 2.75) is 25.8 Å². The summed E-state index contributed by atoms with van der Waals surface area (Å²) in [6, 6.07) is -1.11. The molecular formula is C8H14ClF2NO2. The highest BCUT2D eigenvalue weighted by molar-refractivity contribution is 5.85. The lowest BCUT2D eigenvalue weighted by molar-refractivity contribution is -0.148. The van der Waals surface area contributed by atoms with Crippen LogP contribution in [0.15, 0.2) is 0 Å². The van der Waals surface area contributed by atoms with Crippen LogP contribution in [0.3, 0.4) is 0 Å². The predicted octanol–water partition coefficient (Wildman–Crippen LogP) is 1.47. The number of likely N-dealkylation sites (N-methyl/N-ethyl adjacent to an activating group) is 1. The van der Waals surface area contributed by atoms with E-state index in [2.05, 4.69) is 0 Å². The smallest absolute Gasteiger partial charge is 0.321 e. The van der Waals surface area contributed by atoms with E-state index in [1.807, 2.05) is 0 Å². The largest absolute Gasteiger partial charge is 0.480 e. The summed E-state index contributed by atoms with van der Waals surface area (Å²) in [7, 11) is 1.40. The summed E-state index contributed by atoms with van der Waals surface area (Å²) < 4.78 is 26.6. The molecule has 1 heterocycles. The molecule has 3 nitrogen and oxygen atoms in total. The first-order chi connectivity index (χ1) is 5.70. The van der Waals surface area contributed by atoms with Crippen molar-refractivity contribution >= 4 is 18.4 Å². The third-order valence-corrected chi connectivity index (χ3v) is 2.75. The number of hydrogen-bond acceptors (Lipinski definition) is 2. The number of aliphatic carboxylic acids is 1. The van der Waals surface area contributed by atoms with Crippen LogP contribution in [0.4, 0.5) is 8.78 Å². The molecule has 6 heteroatoms. The summed E-state index contributed by atoms with van der Waals surface area (Å²) in [4.78, 5) is 11.9. The van der Waals surface area contributed by atoms with Gasteiger partial charge in [-0.3, -0.25) is 9.69 Å². The van der Waals surface area contributed by atoms with Gasteiger partial charge in [0.1, 0.15) is 6.04 Å². The van der Waals surface area contributed by atoms with Gasteiger partial charge in [-0.1, -0.05) is 13.8 Å². The Morgan fingerprint density at radius 2 is 1.93 bits per heavy atom. The number of carboxylic acid groups (broad SMARTS) is 1. The summed E-state index contributed by atoms with van der Waals surface area (Å²) in [5.74, 6) is -4.13. The van der Waals surface area contributed by atoms with E-state index >= 15 is 0 Å². The van der Waals surface area contributed by atoms with Gasteiger partial charge in [-0.2, -0.15) is 0 Å². The van der Waals surface area contributed by atoms with Crippen LogP contribution in [0.25, 0.3) is 0 Å². The Balaban J connectivity index is 0.00000169. The highest BCUT2D eigenvalue weighted by Crippen LogP contribution is 2.46. The minimum Gasteiger partial charge on any atom is -0.480 e. The summed E-state index contributed by atoms with van der Waals surface area (Å²) in [5, 5.41) is 8.78. The number of alkyl halides is 2. The molecule has 1 fully saturated rings. The Bertz CT molecular complexity index is 245. The Hall–Kier alpha value is -0.420. The van der Waals surface area contributed by atoms with E-state index in [4.69, 9.17) is 5.11 Å². The van der Waals surface area contributed by atoms with Gasteiger partial charge < -0.3 is 5.11 Å². The van der Waals surface area contributed by atoms with Gasteiger partial charge in [0.05, 0.1) is 12.0 Å². The highest BCUT2D eigenvalue weighted by atomic mass is 35.5. The average Bonchev–Trinajstić information content (AvgIpc) is 1.96. The number of nitrogens with zero attached hydrogens (tertiary/aromatic N) is 1. The molecule has 1 rings (SSSR count). The average molecular weight is 230 g/mol. The van der Waals surface area contributed by atoms with E-state index in [0.717, 1.165) is 0 Å². The molecule has 1 unspecified atom stereocenters. The maximum absolute atomic E-state index is 13.3. The van der Waals surface area contributed by atoms with Gasteiger partial charge >= 0.3 is 5.97 Å². The molecule has 1 aliphatic rings. The van der Waals surface area contributed by atoms with Crippen molar-refractivity contribution in [1.29, 1.82) is 0 Å². The maximum atomic E-state index is 13.3. The standard InChI is InChI=1S/C8H13F2NO2.ClH/c1-7(2)5(6(12)13)11(3)4-8(7,9)10;/h5H,4H2,1-3H3,(H,12,13);1H. The fourth-order valence-corrected chi connectivity index (χ4v) is 1.86. The van der Waals surface area contributed by atoms with E-state index in [1.165, 1.54) is 25.8 Å². The van der Waals surface area contributed by atoms with Gasteiger partial charge in [0.15, 0.2) is 0 Å². The third kappa shape index (κ3) is 1.70. The van der Waals surface area contributed by atoms with Gasteiger partial charge in [0, 0.05) is 0 Å². The zero-order valence-electron chi connectivity index (χ0n) is 8.25. The lowest BCUT2D eigenvalue weighted by Gasteiger charge is -2.29. The number of hydrogen-bond donors (Lipinski definition) is 1. The van der Waals surface area contributed by atoms with Crippen molar-refractivity contribution in [2.24, 2.45) is 5.41 Å². The molecule has 0 aromatic heterocycles. The molecule has 84 valence electrons. The number of carboxylic acids is 1. The van der Waals surface area contributed by atoms with Gasteiger partial charge in [-0.05, 0) is 7.05 Å². The molecule has 1 N–H and O–H groups in total. The van der Waals surface area contributed by atoms with Crippen LogP contribution in [-0.2, 0) is 4.79 Å². The zero-order chi connectivity index (χ0) is 10.4. The summed E-state index contributed by atoms with van der Waals surface area (Å²) >= 11 is 0. The SMILES string of the molecule is CN1CC(F)(F)C(C)(C)C1C(=O)O.Cl. The topological polar surface area (TPSA) is 40.5 Å². The molecule has 1 aliphatic heterocycles. The molecule has 1 saturated heterocycles. The Morgan fingerprint density at radius 3 is 2.07 bits per heavy atom. The van der Waals surface area contributed by atoms with Crippen LogP contribution in [0.1, 0.15) is 13.8 Å². The summed E-state index contributed by atoms with van der Waals surface area (Å²) in [5.41, 5.74) is -1.51. The molecule has 14 heavy (non-hydrogen) atoms. The molecule has 0 bridgehead atoms. The van der Waals surface area contributed by atoms with Crippen LogP contribution >= 0.6 is 12.4 Å². The Morgan fingerprint density at radius 1 is 1.50 bits per heavy atom. The zero-order valence-corrected chi connectivity index (χ0v) is 9.07. The number of likely N-dealkylation sites (tertiary alicyclic amines) is 1. The second-order valence-electron chi connectivity index (χ2n) is 4.08. The summed E-state index contributed by atoms with van der Waals surface area (Å²) in [6.07, 6.45) is 0. The fourth-order valence-electron chi connectivity index (χ4n) is 1.86. The van der Waals surface area contributed by atoms with E-state index < -0.39 is 29.9 Å². The van der Waals surface area contributed by atoms with Gasteiger partial charge in [0.2, 0.25) is 0 Å². The number of halogens is 3.